The molecule has 0 aromatic heterocycles. The lowest BCUT2D eigenvalue weighted by Gasteiger charge is -2.15. The van der Waals surface area contributed by atoms with E-state index in [-0.39, 0.29) is 23.7 Å². The van der Waals surface area contributed by atoms with Crippen LogP contribution in [0.25, 0.3) is 0 Å². The Morgan fingerprint density at radius 2 is 1.95 bits per heavy atom. The molecule has 1 unspecified atom stereocenters. The van der Waals surface area contributed by atoms with E-state index < -0.39 is 22.6 Å². The Labute approximate surface area is 121 Å². The summed E-state index contributed by atoms with van der Waals surface area (Å²) in [6.45, 7) is 1.54. The van der Waals surface area contributed by atoms with Crippen LogP contribution in [0.3, 0.4) is 0 Å². The van der Waals surface area contributed by atoms with E-state index in [0.717, 1.165) is 6.07 Å². The highest BCUT2D eigenvalue weighted by Crippen LogP contribution is 2.34. The highest BCUT2D eigenvalue weighted by Gasteiger charge is 2.25. The number of hydrogen-bond acceptors (Lipinski definition) is 6. The summed E-state index contributed by atoms with van der Waals surface area (Å²) in [5.74, 6) is -0.274. The zero-order chi connectivity index (χ0) is 16.0. The number of aliphatic hydroxyl groups excluding tert-OH is 1. The topological polar surface area (TPSA) is 111 Å². The van der Waals surface area contributed by atoms with Gasteiger partial charge in [0.05, 0.1) is 37.9 Å². The molecule has 0 bridgehead atoms. The number of nitro benzene ring substituents is 1. The fourth-order valence-corrected chi connectivity index (χ4v) is 1.74. The zero-order valence-corrected chi connectivity index (χ0v) is 12.1. The van der Waals surface area contributed by atoms with Crippen LogP contribution in [0.5, 0.6) is 11.5 Å². The van der Waals surface area contributed by atoms with Crippen LogP contribution < -0.4 is 14.8 Å². The molecule has 8 heteroatoms. The van der Waals surface area contributed by atoms with E-state index in [1.807, 2.05) is 0 Å². The van der Waals surface area contributed by atoms with Crippen LogP contribution in [0, 0.1) is 10.1 Å². The molecule has 1 rings (SSSR count). The Balaban J connectivity index is 3.26. The Kier molecular flexibility index (Phi) is 5.92. The van der Waals surface area contributed by atoms with E-state index in [1.165, 1.54) is 20.3 Å². The maximum Gasteiger partial charge on any atom is 0.286 e. The molecule has 1 aromatic carbocycles. The van der Waals surface area contributed by atoms with Crippen LogP contribution in [-0.2, 0) is 0 Å². The molecule has 8 nitrogen and oxygen atoms in total. The normalized spacial score (nSPS) is 11.6. The Hall–Kier alpha value is -2.35. The molecule has 0 fully saturated rings. The third-order valence-electron chi connectivity index (χ3n) is 2.99. The van der Waals surface area contributed by atoms with Gasteiger partial charge in [-0.15, -0.1) is 0 Å². The molecule has 0 saturated heterocycles. The molecule has 0 aliphatic heterocycles. The third kappa shape index (κ3) is 3.82. The number of methoxy groups -OCH3 is 2. The first-order valence-electron chi connectivity index (χ1n) is 6.30. The van der Waals surface area contributed by atoms with Gasteiger partial charge >= 0.3 is 0 Å². The highest BCUT2D eigenvalue weighted by atomic mass is 16.6. The van der Waals surface area contributed by atoms with Crippen molar-refractivity contribution in [1.29, 1.82) is 0 Å². The Morgan fingerprint density at radius 1 is 1.38 bits per heavy atom. The van der Waals surface area contributed by atoms with Gasteiger partial charge in [0.15, 0.2) is 11.5 Å². The summed E-state index contributed by atoms with van der Waals surface area (Å²) in [4.78, 5) is 22.6. The molecule has 2 N–H and O–H groups in total. The minimum atomic E-state index is -0.670. The lowest BCUT2D eigenvalue weighted by molar-refractivity contribution is -0.385. The fourth-order valence-electron chi connectivity index (χ4n) is 1.74. The molecule has 1 aromatic rings. The molecule has 0 heterocycles. The standard InChI is InChI=1S/C13H18N2O6/c1-4-8(7-16)14-13(17)9-5-11(20-2)12(21-3)6-10(9)15(18)19/h5-6,8,16H,4,7H2,1-3H3,(H,14,17). The Morgan fingerprint density at radius 3 is 2.38 bits per heavy atom. The molecule has 0 saturated carbocycles. The molecular formula is C13H18N2O6. The summed E-state index contributed by atoms with van der Waals surface area (Å²) < 4.78 is 10.0. The molecule has 0 aliphatic carbocycles. The first kappa shape index (κ1) is 16.7. The SMILES string of the molecule is CCC(CO)NC(=O)c1cc(OC)c(OC)cc1[N+](=O)[O-]. The van der Waals surface area contributed by atoms with Gasteiger partial charge in [0.2, 0.25) is 0 Å². The summed E-state index contributed by atoms with van der Waals surface area (Å²) in [6.07, 6.45) is 0.503. The largest absolute Gasteiger partial charge is 0.493 e. The van der Waals surface area contributed by atoms with E-state index in [0.29, 0.717) is 6.42 Å². The average molecular weight is 298 g/mol. The van der Waals surface area contributed by atoms with Crippen molar-refractivity contribution in [2.75, 3.05) is 20.8 Å². The predicted molar refractivity (Wildman–Crippen MR) is 74.8 cm³/mol. The number of nitrogens with one attached hydrogen (secondary N) is 1. The van der Waals surface area contributed by atoms with Crippen molar-refractivity contribution in [3.63, 3.8) is 0 Å². The number of benzene rings is 1. The number of nitro groups is 1. The van der Waals surface area contributed by atoms with Gasteiger partial charge in [0, 0.05) is 6.07 Å². The molecule has 0 aliphatic rings. The quantitative estimate of drug-likeness (QED) is 0.576. The van der Waals surface area contributed by atoms with E-state index in [9.17, 15) is 14.9 Å². The van der Waals surface area contributed by atoms with Crippen LogP contribution >= 0.6 is 0 Å². The van der Waals surface area contributed by atoms with E-state index >= 15 is 0 Å². The van der Waals surface area contributed by atoms with Crippen LogP contribution in [0.15, 0.2) is 12.1 Å². The summed E-state index contributed by atoms with van der Waals surface area (Å²) in [6, 6.07) is 1.91. The van der Waals surface area contributed by atoms with Crippen molar-refractivity contribution in [2.45, 2.75) is 19.4 Å². The number of ether oxygens (including phenoxy) is 2. The van der Waals surface area contributed by atoms with Gasteiger partial charge in [-0.05, 0) is 6.42 Å². The number of amides is 1. The molecule has 1 amide bonds. The smallest absolute Gasteiger partial charge is 0.286 e. The second-order valence-electron chi connectivity index (χ2n) is 4.24. The molecular weight excluding hydrogens is 280 g/mol. The van der Waals surface area contributed by atoms with Crippen molar-refractivity contribution < 1.29 is 24.3 Å². The van der Waals surface area contributed by atoms with Crippen molar-refractivity contribution in [1.82, 2.24) is 5.32 Å². The summed E-state index contributed by atoms with van der Waals surface area (Å²) in [5, 5.41) is 22.7. The van der Waals surface area contributed by atoms with Crippen LogP contribution in [-0.4, -0.2) is 42.8 Å². The van der Waals surface area contributed by atoms with Crippen LogP contribution in [0.1, 0.15) is 23.7 Å². The minimum Gasteiger partial charge on any atom is -0.493 e. The molecule has 21 heavy (non-hydrogen) atoms. The number of rotatable bonds is 7. The van der Waals surface area contributed by atoms with Crippen molar-refractivity contribution in [3.8, 4) is 11.5 Å². The average Bonchev–Trinajstić information content (AvgIpc) is 2.50. The van der Waals surface area contributed by atoms with Gasteiger partial charge in [0.25, 0.3) is 11.6 Å². The second-order valence-corrected chi connectivity index (χ2v) is 4.24. The minimum absolute atomic E-state index is 0.149. The molecule has 0 spiro atoms. The Bertz CT molecular complexity index is 528. The van der Waals surface area contributed by atoms with Crippen LogP contribution in [0.2, 0.25) is 0 Å². The van der Waals surface area contributed by atoms with Crippen molar-refractivity contribution in [3.05, 3.63) is 27.8 Å². The number of nitrogens with zero attached hydrogens (tertiary/aromatic N) is 1. The number of carbonyl (C=O) groups excluding carboxylic acids is 1. The summed E-state index contributed by atoms with van der Waals surface area (Å²) in [7, 11) is 2.72. The lowest BCUT2D eigenvalue weighted by Crippen LogP contribution is -2.37. The molecule has 1 atom stereocenters. The molecule has 116 valence electrons. The monoisotopic (exact) mass is 298 g/mol. The first-order valence-corrected chi connectivity index (χ1v) is 6.30. The van der Waals surface area contributed by atoms with E-state index in [1.54, 1.807) is 6.92 Å². The second kappa shape index (κ2) is 7.44. The first-order chi connectivity index (χ1) is 9.98. The predicted octanol–water partition coefficient (Wildman–Crippen LogP) is 1.11. The van der Waals surface area contributed by atoms with Crippen molar-refractivity contribution in [2.24, 2.45) is 0 Å². The van der Waals surface area contributed by atoms with Gasteiger partial charge in [0.1, 0.15) is 5.56 Å². The summed E-state index contributed by atoms with van der Waals surface area (Å²) in [5.41, 5.74) is -0.539. The number of carbonyl (C=O) groups is 1. The van der Waals surface area contributed by atoms with Gasteiger partial charge in [-0.3, -0.25) is 14.9 Å². The number of hydrogen-bond donors (Lipinski definition) is 2. The van der Waals surface area contributed by atoms with Gasteiger partial charge in [-0.2, -0.15) is 0 Å². The van der Waals surface area contributed by atoms with E-state index in [4.69, 9.17) is 14.6 Å². The number of aliphatic hydroxyl groups is 1. The molecule has 0 radical (unpaired) electrons. The third-order valence-corrected chi connectivity index (χ3v) is 2.99. The van der Waals surface area contributed by atoms with Gasteiger partial charge < -0.3 is 19.9 Å². The maximum absolute atomic E-state index is 12.1. The fraction of sp³-hybridized carbons (Fsp3) is 0.462. The van der Waals surface area contributed by atoms with E-state index in [2.05, 4.69) is 5.32 Å². The highest BCUT2D eigenvalue weighted by molar-refractivity contribution is 5.99. The van der Waals surface area contributed by atoms with Gasteiger partial charge in [-0.1, -0.05) is 6.92 Å². The zero-order valence-electron chi connectivity index (χ0n) is 12.1. The lowest BCUT2D eigenvalue weighted by atomic mass is 10.1. The van der Waals surface area contributed by atoms with Crippen LogP contribution in [0.4, 0.5) is 5.69 Å². The van der Waals surface area contributed by atoms with Crippen molar-refractivity contribution >= 4 is 11.6 Å². The summed E-state index contributed by atoms with van der Waals surface area (Å²) >= 11 is 0. The van der Waals surface area contributed by atoms with Gasteiger partial charge in [-0.25, -0.2) is 0 Å². The maximum atomic E-state index is 12.1.